The Morgan fingerprint density at radius 2 is 1.81 bits per heavy atom. The van der Waals surface area contributed by atoms with Crippen molar-refractivity contribution in [3.8, 4) is 11.5 Å². The highest BCUT2D eigenvalue weighted by Gasteiger charge is 2.21. The lowest BCUT2D eigenvalue weighted by molar-refractivity contribution is -0.131. The summed E-state index contributed by atoms with van der Waals surface area (Å²) in [7, 11) is 0. The Kier molecular flexibility index (Phi) is 6.56. The monoisotopic (exact) mass is 436 g/mol. The summed E-state index contributed by atoms with van der Waals surface area (Å²) in [6, 6.07) is 12.2. The largest absolute Gasteiger partial charge is 0.491 e. The molecule has 0 bridgehead atoms. The molecular formula is C25H24O7. The van der Waals surface area contributed by atoms with E-state index in [0.29, 0.717) is 29.1 Å². The summed E-state index contributed by atoms with van der Waals surface area (Å²) in [6.45, 7) is 0.00960. The van der Waals surface area contributed by atoms with Crippen molar-refractivity contribution in [2.24, 2.45) is 0 Å². The number of aryl methyl sites for hydroxylation is 1. The standard InChI is InChI=1S/C25H24O7/c26-17(14-30-18-6-3-5-16(13-18)11-12-23(27)28)15-31-21-9-4-10-22-24(21)19-7-1-2-8-20(19)25(29)32-22/h3-6,9-13,17,26H,1-2,7-8,14-15H2,(H,27,28)/b12-11-. The first-order valence-corrected chi connectivity index (χ1v) is 10.5. The molecule has 0 radical (unpaired) electrons. The van der Waals surface area contributed by atoms with E-state index in [0.717, 1.165) is 41.9 Å². The van der Waals surface area contributed by atoms with Gasteiger partial charge in [-0.3, -0.25) is 0 Å². The molecule has 0 spiro atoms. The number of benzene rings is 2. The molecule has 1 aliphatic carbocycles. The van der Waals surface area contributed by atoms with E-state index in [-0.39, 0.29) is 18.8 Å². The minimum Gasteiger partial charge on any atom is -0.491 e. The molecule has 2 aromatic carbocycles. The van der Waals surface area contributed by atoms with Gasteiger partial charge < -0.3 is 24.1 Å². The molecule has 1 aromatic heterocycles. The molecular weight excluding hydrogens is 412 g/mol. The summed E-state index contributed by atoms with van der Waals surface area (Å²) in [5.41, 5.74) is 2.59. The summed E-state index contributed by atoms with van der Waals surface area (Å²) >= 11 is 0. The average Bonchev–Trinajstić information content (AvgIpc) is 2.80. The summed E-state index contributed by atoms with van der Waals surface area (Å²) < 4.78 is 17.0. The van der Waals surface area contributed by atoms with Crippen molar-refractivity contribution < 1.29 is 28.9 Å². The lowest BCUT2D eigenvalue weighted by Crippen LogP contribution is -2.25. The Bertz CT molecular complexity index is 1210. The molecule has 4 rings (SSSR count). The van der Waals surface area contributed by atoms with Crippen LogP contribution < -0.4 is 15.1 Å². The lowest BCUT2D eigenvalue weighted by atomic mass is 9.90. The molecule has 166 valence electrons. The molecule has 0 saturated heterocycles. The van der Waals surface area contributed by atoms with Crippen LogP contribution in [0.4, 0.5) is 0 Å². The molecule has 1 atom stereocenters. The van der Waals surface area contributed by atoms with Crippen LogP contribution in [0.2, 0.25) is 0 Å². The van der Waals surface area contributed by atoms with E-state index in [1.807, 2.05) is 6.07 Å². The van der Waals surface area contributed by atoms with Crippen molar-refractivity contribution in [1.29, 1.82) is 0 Å². The van der Waals surface area contributed by atoms with Gasteiger partial charge in [-0.2, -0.15) is 0 Å². The summed E-state index contributed by atoms with van der Waals surface area (Å²) in [6.07, 6.45) is 5.11. The molecule has 1 heterocycles. The highest BCUT2D eigenvalue weighted by atomic mass is 16.5. The Balaban J connectivity index is 1.43. The fourth-order valence-corrected chi connectivity index (χ4v) is 3.88. The van der Waals surface area contributed by atoms with Crippen molar-refractivity contribution in [2.45, 2.75) is 31.8 Å². The Labute approximate surface area is 184 Å². The zero-order valence-electron chi connectivity index (χ0n) is 17.5. The number of carbonyl (C=O) groups is 1. The van der Waals surface area contributed by atoms with Gasteiger partial charge in [-0.05, 0) is 67.2 Å². The van der Waals surface area contributed by atoms with E-state index in [9.17, 15) is 14.7 Å². The van der Waals surface area contributed by atoms with Crippen molar-refractivity contribution in [3.05, 3.63) is 75.7 Å². The van der Waals surface area contributed by atoms with Crippen LogP contribution in [0.25, 0.3) is 17.0 Å². The van der Waals surface area contributed by atoms with E-state index in [2.05, 4.69) is 0 Å². The molecule has 2 N–H and O–H groups in total. The van der Waals surface area contributed by atoms with E-state index in [1.54, 1.807) is 36.4 Å². The SMILES string of the molecule is O=C(O)/C=C\c1cccc(OCC(O)COc2cccc3oc(=O)c4c(c23)CCCC4)c1. The number of carboxylic acids is 1. The highest BCUT2D eigenvalue weighted by molar-refractivity contribution is 5.88. The van der Waals surface area contributed by atoms with Crippen LogP contribution in [0.3, 0.4) is 0 Å². The number of aliphatic hydroxyl groups is 1. The average molecular weight is 436 g/mol. The molecule has 7 nitrogen and oxygen atoms in total. The van der Waals surface area contributed by atoms with Crippen LogP contribution >= 0.6 is 0 Å². The van der Waals surface area contributed by atoms with Gasteiger partial charge in [-0.25, -0.2) is 9.59 Å². The van der Waals surface area contributed by atoms with E-state index < -0.39 is 12.1 Å². The van der Waals surface area contributed by atoms with Crippen LogP contribution in [0, 0.1) is 0 Å². The van der Waals surface area contributed by atoms with Crippen LogP contribution in [-0.2, 0) is 17.6 Å². The summed E-state index contributed by atoms with van der Waals surface area (Å²) in [4.78, 5) is 22.9. The maximum atomic E-state index is 12.3. The third-order valence-corrected chi connectivity index (χ3v) is 5.36. The topological polar surface area (TPSA) is 106 Å². The van der Waals surface area contributed by atoms with Crippen molar-refractivity contribution >= 4 is 23.0 Å². The first kappa shape index (κ1) is 21.6. The number of carboxylic acid groups (broad SMARTS) is 1. The quantitative estimate of drug-likeness (QED) is 0.411. The third kappa shape index (κ3) is 5.00. The van der Waals surface area contributed by atoms with Crippen LogP contribution in [0.5, 0.6) is 11.5 Å². The molecule has 7 heteroatoms. The number of aliphatic hydroxyl groups excluding tert-OH is 1. The fourth-order valence-electron chi connectivity index (χ4n) is 3.88. The number of hydrogen-bond donors (Lipinski definition) is 2. The van der Waals surface area contributed by atoms with E-state index >= 15 is 0 Å². The van der Waals surface area contributed by atoms with Gasteiger partial charge in [-0.1, -0.05) is 18.2 Å². The Hall–Kier alpha value is -3.58. The van der Waals surface area contributed by atoms with E-state index in [4.69, 9.17) is 19.0 Å². The van der Waals surface area contributed by atoms with Crippen LogP contribution in [0.1, 0.15) is 29.5 Å². The number of hydrogen-bond acceptors (Lipinski definition) is 6. The molecule has 3 aromatic rings. The number of aliphatic carboxylic acids is 1. The zero-order chi connectivity index (χ0) is 22.5. The molecule has 0 aliphatic heterocycles. The highest BCUT2D eigenvalue weighted by Crippen LogP contribution is 2.33. The Morgan fingerprint density at radius 1 is 1.06 bits per heavy atom. The van der Waals surface area contributed by atoms with Gasteiger partial charge in [0, 0.05) is 11.6 Å². The van der Waals surface area contributed by atoms with Crippen molar-refractivity contribution in [3.63, 3.8) is 0 Å². The molecule has 32 heavy (non-hydrogen) atoms. The smallest absolute Gasteiger partial charge is 0.339 e. The third-order valence-electron chi connectivity index (χ3n) is 5.36. The Morgan fingerprint density at radius 3 is 2.62 bits per heavy atom. The normalized spacial score (nSPS) is 14.3. The van der Waals surface area contributed by atoms with Crippen molar-refractivity contribution in [2.75, 3.05) is 13.2 Å². The summed E-state index contributed by atoms with van der Waals surface area (Å²) in [5.74, 6) is 0.0553. The maximum Gasteiger partial charge on any atom is 0.339 e. The minimum atomic E-state index is -1.03. The second-order valence-corrected chi connectivity index (χ2v) is 7.70. The molecule has 1 unspecified atom stereocenters. The van der Waals surface area contributed by atoms with Gasteiger partial charge >= 0.3 is 11.6 Å². The molecule has 0 amide bonds. The van der Waals surface area contributed by atoms with Crippen LogP contribution in [0.15, 0.2) is 57.8 Å². The lowest BCUT2D eigenvalue weighted by Gasteiger charge is -2.19. The zero-order valence-corrected chi connectivity index (χ0v) is 17.5. The minimum absolute atomic E-state index is 0.00402. The van der Waals surface area contributed by atoms with Gasteiger partial charge in [0.05, 0.1) is 5.39 Å². The summed E-state index contributed by atoms with van der Waals surface area (Å²) in [5, 5.41) is 19.9. The number of ether oxygens (including phenoxy) is 2. The second kappa shape index (κ2) is 9.70. The van der Waals surface area contributed by atoms with Gasteiger partial charge in [-0.15, -0.1) is 0 Å². The van der Waals surface area contributed by atoms with Crippen LogP contribution in [-0.4, -0.2) is 35.5 Å². The number of fused-ring (bicyclic) bond motifs is 3. The fraction of sp³-hybridized carbons (Fsp3) is 0.280. The predicted molar refractivity (Wildman–Crippen MR) is 119 cm³/mol. The van der Waals surface area contributed by atoms with E-state index in [1.165, 1.54) is 6.08 Å². The van der Waals surface area contributed by atoms with Gasteiger partial charge in [0.25, 0.3) is 0 Å². The second-order valence-electron chi connectivity index (χ2n) is 7.70. The first-order valence-electron chi connectivity index (χ1n) is 10.5. The van der Waals surface area contributed by atoms with Gasteiger partial charge in [0.1, 0.15) is 36.4 Å². The number of rotatable bonds is 8. The van der Waals surface area contributed by atoms with Crippen molar-refractivity contribution in [1.82, 2.24) is 0 Å². The first-order chi connectivity index (χ1) is 15.5. The maximum absolute atomic E-state index is 12.3. The molecule has 0 fully saturated rings. The molecule has 0 saturated carbocycles. The molecule has 1 aliphatic rings. The van der Waals surface area contributed by atoms with Gasteiger partial charge in [0.15, 0.2) is 0 Å². The van der Waals surface area contributed by atoms with Gasteiger partial charge in [0.2, 0.25) is 0 Å². The predicted octanol–water partition coefficient (Wildman–Crippen LogP) is 3.59.